The third kappa shape index (κ3) is 2.72. The Morgan fingerprint density at radius 3 is 2.96 bits per heavy atom. The van der Waals surface area contributed by atoms with Gasteiger partial charge in [-0.2, -0.15) is 0 Å². The minimum absolute atomic E-state index is 0.180. The summed E-state index contributed by atoms with van der Waals surface area (Å²) in [7, 11) is 0. The summed E-state index contributed by atoms with van der Waals surface area (Å²) < 4.78 is 16.2. The van der Waals surface area contributed by atoms with E-state index >= 15 is 0 Å². The second kappa shape index (κ2) is 6.08. The first-order chi connectivity index (χ1) is 11.3. The molecule has 0 radical (unpaired) electrons. The number of imidazole rings is 1. The Labute approximate surface area is 134 Å². The first-order valence-electron chi connectivity index (χ1n) is 8.09. The highest BCUT2D eigenvalue weighted by Crippen LogP contribution is 2.26. The molecule has 0 bridgehead atoms. The Kier molecular flexibility index (Phi) is 3.79. The standard InChI is InChI=1S/C18H19FN4/c19-15-7-2-1-5-13(15)11-17-22-16-8-4-10-21-18(16)23(17)14-6-3-9-20-12-14/h1-2,4-5,7-8,10,14,20H,3,6,9,11-12H2. The van der Waals surface area contributed by atoms with Crippen LogP contribution < -0.4 is 5.32 Å². The number of rotatable bonds is 3. The third-order valence-corrected chi connectivity index (χ3v) is 4.46. The van der Waals surface area contributed by atoms with Crippen molar-refractivity contribution in [3.05, 3.63) is 59.8 Å². The molecule has 3 aromatic rings. The van der Waals surface area contributed by atoms with Crippen molar-refractivity contribution in [1.29, 1.82) is 0 Å². The molecule has 118 valence electrons. The molecule has 1 saturated heterocycles. The van der Waals surface area contributed by atoms with Crippen molar-refractivity contribution in [2.24, 2.45) is 0 Å². The fourth-order valence-electron chi connectivity index (χ4n) is 3.35. The maximum Gasteiger partial charge on any atom is 0.160 e. The van der Waals surface area contributed by atoms with Crippen LogP contribution in [0.5, 0.6) is 0 Å². The van der Waals surface area contributed by atoms with Gasteiger partial charge in [-0.05, 0) is 43.1 Å². The van der Waals surface area contributed by atoms with Crippen LogP contribution >= 0.6 is 0 Å². The van der Waals surface area contributed by atoms with E-state index in [0.717, 1.165) is 42.9 Å². The lowest BCUT2D eigenvalue weighted by Crippen LogP contribution is -2.32. The normalized spacial score (nSPS) is 18.4. The van der Waals surface area contributed by atoms with E-state index in [0.29, 0.717) is 18.0 Å². The maximum absolute atomic E-state index is 14.0. The highest BCUT2D eigenvalue weighted by atomic mass is 19.1. The Balaban J connectivity index is 1.80. The van der Waals surface area contributed by atoms with E-state index in [4.69, 9.17) is 4.98 Å². The number of pyridine rings is 1. The number of hydrogen-bond donors (Lipinski definition) is 1. The lowest BCUT2D eigenvalue weighted by Gasteiger charge is -2.26. The van der Waals surface area contributed by atoms with E-state index in [1.54, 1.807) is 12.3 Å². The summed E-state index contributed by atoms with van der Waals surface area (Å²) in [6.07, 6.45) is 4.51. The predicted octanol–water partition coefficient (Wildman–Crippen LogP) is 3.09. The minimum Gasteiger partial charge on any atom is -0.315 e. The number of fused-ring (bicyclic) bond motifs is 1. The first-order valence-corrected chi connectivity index (χ1v) is 8.09. The van der Waals surface area contributed by atoms with E-state index in [2.05, 4.69) is 14.9 Å². The average Bonchev–Trinajstić information content (AvgIpc) is 2.95. The van der Waals surface area contributed by atoms with Gasteiger partial charge in [0.2, 0.25) is 0 Å². The zero-order chi connectivity index (χ0) is 15.6. The van der Waals surface area contributed by atoms with E-state index in [-0.39, 0.29) is 5.82 Å². The predicted molar refractivity (Wildman–Crippen MR) is 87.9 cm³/mol. The smallest absolute Gasteiger partial charge is 0.160 e. The van der Waals surface area contributed by atoms with Gasteiger partial charge in [0.15, 0.2) is 5.65 Å². The molecule has 0 saturated carbocycles. The molecule has 0 spiro atoms. The van der Waals surface area contributed by atoms with Gasteiger partial charge >= 0.3 is 0 Å². The number of nitrogens with zero attached hydrogens (tertiary/aromatic N) is 3. The van der Waals surface area contributed by atoms with Crippen molar-refractivity contribution < 1.29 is 4.39 Å². The van der Waals surface area contributed by atoms with Crippen LogP contribution in [0.4, 0.5) is 4.39 Å². The molecule has 4 nitrogen and oxygen atoms in total. The Morgan fingerprint density at radius 2 is 2.13 bits per heavy atom. The molecule has 23 heavy (non-hydrogen) atoms. The Hall–Kier alpha value is -2.27. The van der Waals surface area contributed by atoms with Crippen LogP contribution in [0.15, 0.2) is 42.6 Å². The second-order valence-corrected chi connectivity index (χ2v) is 6.01. The van der Waals surface area contributed by atoms with Crippen LogP contribution in [0.1, 0.15) is 30.3 Å². The number of hydrogen-bond acceptors (Lipinski definition) is 3. The molecular formula is C18H19FN4. The van der Waals surface area contributed by atoms with Crippen molar-refractivity contribution >= 4 is 11.2 Å². The minimum atomic E-state index is -0.180. The van der Waals surface area contributed by atoms with Crippen molar-refractivity contribution in [2.45, 2.75) is 25.3 Å². The summed E-state index contributed by atoms with van der Waals surface area (Å²) in [4.78, 5) is 9.25. The third-order valence-electron chi connectivity index (χ3n) is 4.46. The summed E-state index contributed by atoms with van der Waals surface area (Å²) in [6, 6.07) is 11.1. The van der Waals surface area contributed by atoms with Crippen LogP contribution in [0.3, 0.4) is 0 Å². The fraction of sp³-hybridized carbons (Fsp3) is 0.333. The summed E-state index contributed by atoms with van der Waals surface area (Å²) in [6.45, 7) is 1.96. The molecule has 2 aromatic heterocycles. The molecule has 0 aliphatic carbocycles. The molecule has 5 heteroatoms. The SMILES string of the molecule is Fc1ccccc1Cc1nc2cccnc2n1C1CCCNC1. The highest BCUT2D eigenvalue weighted by Gasteiger charge is 2.22. The number of aromatic nitrogens is 3. The van der Waals surface area contributed by atoms with Gasteiger partial charge in [0.1, 0.15) is 17.2 Å². The number of halogens is 1. The Morgan fingerprint density at radius 1 is 1.22 bits per heavy atom. The molecule has 0 amide bonds. The van der Waals surface area contributed by atoms with Crippen LogP contribution in [-0.4, -0.2) is 27.6 Å². The number of piperidine rings is 1. The van der Waals surface area contributed by atoms with Crippen molar-refractivity contribution in [3.8, 4) is 0 Å². The zero-order valence-corrected chi connectivity index (χ0v) is 12.9. The van der Waals surface area contributed by atoms with Crippen LogP contribution in [0.2, 0.25) is 0 Å². The fourth-order valence-corrected chi connectivity index (χ4v) is 3.35. The van der Waals surface area contributed by atoms with E-state index in [1.165, 1.54) is 6.07 Å². The zero-order valence-electron chi connectivity index (χ0n) is 12.9. The van der Waals surface area contributed by atoms with Gasteiger partial charge in [0.05, 0.1) is 0 Å². The molecule has 3 heterocycles. The van der Waals surface area contributed by atoms with Gasteiger partial charge in [-0.1, -0.05) is 18.2 Å². The molecule has 1 unspecified atom stereocenters. The van der Waals surface area contributed by atoms with Crippen molar-refractivity contribution in [1.82, 2.24) is 19.9 Å². The average molecular weight is 310 g/mol. The largest absolute Gasteiger partial charge is 0.315 e. The molecule has 1 aliphatic heterocycles. The number of benzene rings is 1. The lowest BCUT2D eigenvalue weighted by molar-refractivity contribution is 0.370. The molecule has 1 aromatic carbocycles. The Bertz CT molecular complexity index is 821. The molecule has 1 N–H and O–H groups in total. The van der Waals surface area contributed by atoms with Gasteiger partial charge in [-0.25, -0.2) is 14.4 Å². The van der Waals surface area contributed by atoms with E-state index in [9.17, 15) is 4.39 Å². The summed E-state index contributed by atoms with van der Waals surface area (Å²) in [5, 5.41) is 3.44. The lowest BCUT2D eigenvalue weighted by atomic mass is 10.1. The quantitative estimate of drug-likeness (QED) is 0.808. The highest BCUT2D eigenvalue weighted by molar-refractivity contribution is 5.71. The van der Waals surface area contributed by atoms with Crippen LogP contribution in [0, 0.1) is 5.82 Å². The molecule has 1 aliphatic rings. The summed E-state index contributed by atoms with van der Waals surface area (Å²) in [5.41, 5.74) is 2.45. The van der Waals surface area contributed by atoms with Gasteiger partial charge in [-0.15, -0.1) is 0 Å². The molecular weight excluding hydrogens is 291 g/mol. The van der Waals surface area contributed by atoms with Gasteiger partial charge in [0, 0.05) is 25.2 Å². The van der Waals surface area contributed by atoms with Crippen molar-refractivity contribution in [3.63, 3.8) is 0 Å². The summed E-state index contributed by atoms with van der Waals surface area (Å²) >= 11 is 0. The second-order valence-electron chi connectivity index (χ2n) is 6.01. The van der Waals surface area contributed by atoms with Gasteiger partial charge < -0.3 is 9.88 Å². The first kappa shape index (κ1) is 14.3. The van der Waals surface area contributed by atoms with Crippen molar-refractivity contribution in [2.75, 3.05) is 13.1 Å². The van der Waals surface area contributed by atoms with Crippen LogP contribution in [-0.2, 0) is 6.42 Å². The van der Waals surface area contributed by atoms with Crippen LogP contribution in [0.25, 0.3) is 11.2 Å². The maximum atomic E-state index is 14.0. The topological polar surface area (TPSA) is 42.7 Å². The van der Waals surface area contributed by atoms with E-state index in [1.807, 2.05) is 24.3 Å². The molecule has 1 atom stereocenters. The van der Waals surface area contributed by atoms with Gasteiger partial charge in [-0.3, -0.25) is 0 Å². The van der Waals surface area contributed by atoms with E-state index < -0.39 is 0 Å². The monoisotopic (exact) mass is 310 g/mol. The number of nitrogens with one attached hydrogen (secondary N) is 1. The van der Waals surface area contributed by atoms with Gasteiger partial charge in [0.25, 0.3) is 0 Å². The summed E-state index contributed by atoms with van der Waals surface area (Å²) in [5.74, 6) is 0.707. The molecule has 4 rings (SSSR count). The molecule has 1 fully saturated rings.